The molecule has 2 aromatic rings. The molecule has 7 heteroatoms. The highest BCUT2D eigenvalue weighted by molar-refractivity contribution is 7.18. The van der Waals surface area contributed by atoms with Crippen LogP contribution in [0.4, 0.5) is 11.8 Å². The molecular formula is C14H21N5OS. The average Bonchev–Trinajstić information content (AvgIpc) is 2.86. The van der Waals surface area contributed by atoms with Crippen molar-refractivity contribution in [2.75, 3.05) is 30.5 Å². The van der Waals surface area contributed by atoms with Gasteiger partial charge in [-0.05, 0) is 25.3 Å². The number of nitrogens with one attached hydrogen (secondary N) is 1. The summed E-state index contributed by atoms with van der Waals surface area (Å²) >= 11 is 1.66. The number of ether oxygens (including phenoxy) is 1. The summed E-state index contributed by atoms with van der Waals surface area (Å²) in [7, 11) is 1.78. The molecule has 2 aromatic heterocycles. The molecule has 21 heavy (non-hydrogen) atoms. The maximum absolute atomic E-state index is 5.61. The van der Waals surface area contributed by atoms with E-state index in [1.54, 1.807) is 18.4 Å². The molecule has 3 rings (SSSR count). The number of nitrogens with two attached hydrogens (primary N) is 1. The van der Waals surface area contributed by atoms with E-state index in [1.807, 2.05) is 0 Å². The van der Waals surface area contributed by atoms with E-state index in [2.05, 4.69) is 40.2 Å². The molecule has 0 radical (unpaired) electrons. The summed E-state index contributed by atoms with van der Waals surface area (Å²) in [5.74, 6) is 7.49. The van der Waals surface area contributed by atoms with E-state index in [0.29, 0.717) is 11.9 Å². The minimum atomic E-state index is 0.234. The third-order valence-corrected chi connectivity index (χ3v) is 5.06. The number of hydrazine groups is 1. The monoisotopic (exact) mass is 307 g/mol. The predicted molar refractivity (Wildman–Crippen MR) is 86.8 cm³/mol. The summed E-state index contributed by atoms with van der Waals surface area (Å²) in [6, 6.07) is 2.15. The van der Waals surface area contributed by atoms with Crippen molar-refractivity contribution in [1.82, 2.24) is 9.97 Å². The molecule has 0 bridgehead atoms. The third kappa shape index (κ3) is 2.68. The van der Waals surface area contributed by atoms with Crippen LogP contribution < -0.4 is 16.2 Å². The molecule has 1 saturated heterocycles. The fraction of sp³-hybridized carbons (Fsp3) is 0.571. The first-order chi connectivity index (χ1) is 10.1. The van der Waals surface area contributed by atoms with Crippen molar-refractivity contribution < 1.29 is 4.74 Å². The van der Waals surface area contributed by atoms with Crippen LogP contribution in [0.25, 0.3) is 10.2 Å². The van der Waals surface area contributed by atoms with Gasteiger partial charge in [0.1, 0.15) is 10.6 Å². The molecule has 0 saturated carbocycles. The van der Waals surface area contributed by atoms with Crippen molar-refractivity contribution in [2.24, 2.45) is 11.8 Å². The molecule has 0 aromatic carbocycles. The van der Waals surface area contributed by atoms with Crippen LogP contribution in [0.3, 0.4) is 0 Å². The molecule has 114 valence electrons. The Morgan fingerprint density at radius 2 is 2.29 bits per heavy atom. The molecule has 0 amide bonds. The molecule has 3 N–H and O–H groups in total. The zero-order valence-corrected chi connectivity index (χ0v) is 13.4. The highest BCUT2D eigenvalue weighted by Crippen LogP contribution is 2.33. The van der Waals surface area contributed by atoms with Crippen LogP contribution in [0.15, 0.2) is 6.07 Å². The fourth-order valence-electron chi connectivity index (χ4n) is 2.87. The maximum Gasteiger partial charge on any atom is 0.240 e. The van der Waals surface area contributed by atoms with Crippen LogP contribution in [0.5, 0.6) is 0 Å². The number of fused-ring (bicyclic) bond motifs is 1. The number of methoxy groups -OCH3 is 1. The lowest BCUT2D eigenvalue weighted by Gasteiger charge is -2.37. The standard InChI is InChI=1S/C14H21N5OS/c1-8-4-5-19(7-11(8)20-3)12-10-6-9(2)21-13(10)17-14(16-12)18-15/h6,8,11H,4-5,7,15H2,1-3H3,(H,16,17,18). The number of thiophene rings is 1. The Hall–Kier alpha value is -1.44. The molecule has 6 nitrogen and oxygen atoms in total. The molecule has 2 unspecified atom stereocenters. The van der Waals surface area contributed by atoms with Crippen LogP contribution in [0.1, 0.15) is 18.2 Å². The van der Waals surface area contributed by atoms with Crippen LogP contribution in [-0.4, -0.2) is 36.3 Å². The first-order valence-corrected chi connectivity index (χ1v) is 7.96. The van der Waals surface area contributed by atoms with Gasteiger partial charge in [-0.1, -0.05) is 6.92 Å². The largest absolute Gasteiger partial charge is 0.379 e. The zero-order chi connectivity index (χ0) is 15.0. The minimum absolute atomic E-state index is 0.234. The van der Waals surface area contributed by atoms with Gasteiger partial charge in [-0.3, -0.25) is 5.43 Å². The maximum atomic E-state index is 5.61. The van der Waals surface area contributed by atoms with Crippen LogP contribution >= 0.6 is 11.3 Å². The van der Waals surface area contributed by atoms with Gasteiger partial charge in [0.2, 0.25) is 5.95 Å². The van der Waals surface area contributed by atoms with Gasteiger partial charge in [0.05, 0.1) is 11.5 Å². The highest BCUT2D eigenvalue weighted by atomic mass is 32.1. The summed E-state index contributed by atoms with van der Waals surface area (Å²) in [4.78, 5) is 13.5. The number of aryl methyl sites for hydroxylation is 1. The second-order valence-electron chi connectivity index (χ2n) is 5.58. The molecule has 0 aliphatic carbocycles. The Morgan fingerprint density at radius 3 is 3.00 bits per heavy atom. The van der Waals surface area contributed by atoms with Gasteiger partial charge in [0.15, 0.2) is 0 Å². The van der Waals surface area contributed by atoms with Crippen molar-refractivity contribution in [1.29, 1.82) is 0 Å². The summed E-state index contributed by atoms with van der Waals surface area (Å²) < 4.78 is 5.61. The lowest BCUT2D eigenvalue weighted by molar-refractivity contribution is 0.0497. The normalized spacial score (nSPS) is 22.8. The number of aromatic nitrogens is 2. The van der Waals surface area contributed by atoms with E-state index in [1.165, 1.54) is 4.88 Å². The first-order valence-electron chi connectivity index (χ1n) is 7.15. The van der Waals surface area contributed by atoms with E-state index in [0.717, 1.165) is 35.5 Å². The van der Waals surface area contributed by atoms with Crippen LogP contribution in [-0.2, 0) is 4.74 Å². The van der Waals surface area contributed by atoms with Gasteiger partial charge in [-0.25, -0.2) is 10.8 Å². The van der Waals surface area contributed by atoms with Crippen molar-refractivity contribution >= 4 is 33.3 Å². The van der Waals surface area contributed by atoms with E-state index < -0.39 is 0 Å². The molecule has 1 aliphatic rings. The quantitative estimate of drug-likeness (QED) is 0.668. The fourth-order valence-corrected chi connectivity index (χ4v) is 3.74. The third-order valence-electron chi connectivity index (χ3n) is 4.12. The minimum Gasteiger partial charge on any atom is -0.379 e. The van der Waals surface area contributed by atoms with Crippen LogP contribution in [0.2, 0.25) is 0 Å². The van der Waals surface area contributed by atoms with E-state index >= 15 is 0 Å². The number of rotatable bonds is 3. The molecule has 1 fully saturated rings. The number of nitrogen functional groups attached to an aromatic ring is 1. The second-order valence-corrected chi connectivity index (χ2v) is 6.81. The second kappa shape index (κ2) is 5.75. The number of nitrogens with zero attached hydrogens (tertiary/aromatic N) is 3. The van der Waals surface area contributed by atoms with Gasteiger partial charge >= 0.3 is 0 Å². The lowest BCUT2D eigenvalue weighted by Crippen LogP contribution is -2.44. The van der Waals surface area contributed by atoms with Gasteiger partial charge in [-0.15, -0.1) is 11.3 Å². The number of piperidine rings is 1. The summed E-state index contributed by atoms with van der Waals surface area (Å²) in [6.45, 7) is 6.15. The Kier molecular flexibility index (Phi) is 3.97. The molecular weight excluding hydrogens is 286 g/mol. The topological polar surface area (TPSA) is 76.3 Å². The van der Waals surface area contributed by atoms with Crippen molar-refractivity contribution in [2.45, 2.75) is 26.4 Å². The van der Waals surface area contributed by atoms with E-state index in [9.17, 15) is 0 Å². The van der Waals surface area contributed by atoms with Crippen LogP contribution in [0, 0.1) is 12.8 Å². The molecule has 3 heterocycles. The predicted octanol–water partition coefficient (Wildman–Crippen LogP) is 2.15. The van der Waals surface area contributed by atoms with E-state index in [4.69, 9.17) is 10.6 Å². The summed E-state index contributed by atoms with van der Waals surface area (Å²) in [5.41, 5.74) is 2.57. The van der Waals surface area contributed by atoms with E-state index in [-0.39, 0.29) is 6.10 Å². The number of hydrogen-bond donors (Lipinski definition) is 2. The smallest absolute Gasteiger partial charge is 0.240 e. The van der Waals surface area contributed by atoms with Crippen molar-refractivity contribution in [3.63, 3.8) is 0 Å². The molecule has 1 aliphatic heterocycles. The highest BCUT2D eigenvalue weighted by Gasteiger charge is 2.28. The first kappa shape index (κ1) is 14.5. The Morgan fingerprint density at radius 1 is 1.48 bits per heavy atom. The zero-order valence-electron chi connectivity index (χ0n) is 12.6. The number of hydrogen-bond acceptors (Lipinski definition) is 7. The van der Waals surface area contributed by atoms with Gasteiger partial charge < -0.3 is 9.64 Å². The van der Waals surface area contributed by atoms with Gasteiger partial charge in [0.25, 0.3) is 0 Å². The summed E-state index contributed by atoms with van der Waals surface area (Å²) in [5, 5.41) is 1.10. The van der Waals surface area contributed by atoms with Crippen molar-refractivity contribution in [3.8, 4) is 0 Å². The molecule has 0 spiro atoms. The molecule has 2 atom stereocenters. The van der Waals surface area contributed by atoms with Crippen molar-refractivity contribution in [3.05, 3.63) is 10.9 Å². The lowest BCUT2D eigenvalue weighted by atomic mass is 9.96. The Bertz CT molecular complexity index is 644. The Labute approximate surface area is 128 Å². The summed E-state index contributed by atoms with van der Waals surface area (Å²) in [6.07, 6.45) is 1.33. The Balaban J connectivity index is 2.02. The SMILES string of the molecule is COC1CN(c2nc(NN)nc3sc(C)cc23)CCC1C. The van der Waals surface area contributed by atoms with Gasteiger partial charge in [-0.2, -0.15) is 4.98 Å². The van der Waals surface area contributed by atoms with Gasteiger partial charge in [0, 0.05) is 25.1 Å². The average molecular weight is 307 g/mol. The number of anilines is 2.